The van der Waals surface area contributed by atoms with Crippen molar-refractivity contribution < 1.29 is 0 Å². The van der Waals surface area contributed by atoms with Gasteiger partial charge in [-0.3, -0.25) is 0 Å². The first-order valence-electron chi connectivity index (χ1n) is 6.56. The van der Waals surface area contributed by atoms with Crippen LogP contribution in [0.5, 0.6) is 0 Å². The summed E-state index contributed by atoms with van der Waals surface area (Å²) in [5, 5.41) is 2.62. The molecule has 0 aliphatic carbocycles. The van der Waals surface area contributed by atoms with Gasteiger partial charge in [0.2, 0.25) is 0 Å². The van der Waals surface area contributed by atoms with Crippen LogP contribution in [0.15, 0.2) is 70.0 Å². The first kappa shape index (κ1) is 13.7. The predicted molar refractivity (Wildman–Crippen MR) is 92.7 cm³/mol. The molecule has 0 aliphatic rings. The largest absolute Gasteiger partial charge is 0.129 e. The Kier molecular flexibility index (Phi) is 4.13. The zero-order valence-electron chi connectivity index (χ0n) is 11.3. The molecule has 100 valence electrons. The summed E-state index contributed by atoms with van der Waals surface area (Å²) in [5.74, 6) is 0. The van der Waals surface area contributed by atoms with Crippen LogP contribution in [0, 0.1) is 0 Å². The topological polar surface area (TPSA) is 0 Å². The monoisotopic (exact) mass is 342 g/mol. The summed E-state index contributed by atoms with van der Waals surface area (Å²) in [6, 6.07) is 21.8. The Labute approximate surface area is 132 Å². The number of rotatable bonds is 3. The van der Waals surface area contributed by atoms with E-state index in [2.05, 4.69) is 82.8 Å². The fraction of sp³-hybridized carbons (Fsp3) is 0.111. The minimum atomic E-state index is 0.980. The highest BCUT2D eigenvalue weighted by molar-refractivity contribution is 9.10. The zero-order valence-corrected chi connectivity index (χ0v) is 13.7. The fourth-order valence-corrected chi connectivity index (χ4v) is 3.59. The molecule has 0 amide bonds. The second-order valence-electron chi connectivity index (χ2n) is 4.81. The third-order valence-electron chi connectivity index (χ3n) is 3.46. The lowest BCUT2D eigenvalue weighted by molar-refractivity contribution is 1.13. The smallest absolute Gasteiger partial charge is 0.0186 e. The highest BCUT2D eigenvalue weighted by Gasteiger charge is 2.04. The lowest BCUT2D eigenvalue weighted by atomic mass is 10.0. The van der Waals surface area contributed by atoms with Gasteiger partial charge >= 0.3 is 0 Å². The second-order valence-corrected chi connectivity index (χ2v) is 6.58. The van der Waals surface area contributed by atoms with E-state index in [-0.39, 0.29) is 0 Å². The van der Waals surface area contributed by atoms with E-state index in [0.29, 0.717) is 0 Å². The minimum absolute atomic E-state index is 0.980. The van der Waals surface area contributed by atoms with E-state index in [4.69, 9.17) is 0 Å². The molecular weight excluding hydrogens is 328 g/mol. The molecule has 0 radical (unpaired) electrons. The Morgan fingerprint density at radius 3 is 2.50 bits per heavy atom. The molecule has 0 aromatic heterocycles. The summed E-state index contributed by atoms with van der Waals surface area (Å²) in [4.78, 5) is 1.34. The molecule has 2 heteroatoms. The first-order valence-corrected chi connectivity index (χ1v) is 8.58. The molecule has 0 fully saturated rings. The van der Waals surface area contributed by atoms with E-state index >= 15 is 0 Å². The van der Waals surface area contributed by atoms with Gasteiger partial charge in [-0.25, -0.2) is 0 Å². The van der Waals surface area contributed by atoms with Gasteiger partial charge in [0.15, 0.2) is 0 Å². The van der Waals surface area contributed by atoms with Gasteiger partial charge in [0.05, 0.1) is 0 Å². The van der Waals surface area contributed by atoms with Crippen LogP contribution >= 0.6 is 27.7 Å². The summed E-state index contributed by atoms with van der Waals surface area (Å²) in [5.41, 5.74) is 2.75. The Morgan fingerprint density at radius 2 is 1.70 bits per heavy atom. The van der Waals surface area contributed by atoms with Gasteiger partial charge < -0.3 is 0 Å². The van der Waals surface area contributed by atoms with Crippen LogP contribution in [0.1, 0.15) is 11.1 Å². The average molecular weight is 343 g/mol. The van der Waals surface area contributed by atoms with Gasteiger partial charge in [-0.15, -0.1) is 11.8 Å². The highest BCUT2D eigenvalue weighted by atomic mass is 79.9. The van der Waals surface area contributed by atoms with Crippen molar-refractivity contribution in [2.75, 3.05) is 6.26 Å². The van der Waals surface area contributed by atoms with E-state index in [1.54, 1.807) is 11.8 Å². The predicted octanol–water partition coefficient (Wildman–Crippen LogP) is 5.92. The number of halogens is 1. The molecule has 0 bridgehead atoms. The van der Waals surface area contributed by atoms with E-state index in [1.807, 2.05) is 0 Å². The van der Waals surface area contributed by atoms with Gasteiger partial charge in [-0.2, -0.15) is 0 Å². The molecule has 0 spiro atoms. The molecular formula is C18H15BrS. The van der Waals surface area contributed by atoms with Gasteiger partial charge in [-0.05, 0) is 46.7 Å². The SMILES string of the molecule is CSc1cc(Br)ccc1Cc1ccc2ccccc2c1. The van der Waals surface area contributed by atoms with Crippen LogP contribution in [0.25, 0.3) is 10.8 Å². The van der Waals surface area contributed by atoms with E-state index < -0.39 is 0 Å². The normalized spacial score (nSPS) is 10.9. The second kappa shape index (κ2) is 6.02. The van der Waals surface area contributed by atoms with Crippen molar-refractivity contribution in [1.29, 1.82) is 0 Å². The molecule has 0 atom stereocenters. The van der Waals surface area contributed by atoms with Gasteiger partial charge in [0.25, 0.3) is 0 Å². The molecule has 3 aromatic carbocycles. The Hall–Kier alpha value is -1.25. The van der Waals surface area contributed by atoms with E-state index in [1.165, 1.54) is 26.8 Å². The van der Waals surface area contributed by atoms with Crippen LogP contribution in [0.2, 0.25) is 0 Å². The number of hydrogen-bond donors (Lipinski definition) is 0. The number of thioether (sulfide) groups is 1. The lowest BCUT2D eigenvalue weighted by Crippen LogP contribution is -1.91. The summed E-state index contributed by atoms with van der Waals surface area (Å²) in [6.45, 7) is 0. The van der Waals surface area contributed by atoms with Crippen LogP contribution in [0.3, 0.4) is 0 Å². The maximum atomic E-state index is 3.54. The molecule has 3 rings (SSSR count). The maximum absolute atomic E-state index is 3.54. The zero-order chi connectivity index (χ0) is 13.9. The van der Waals surface area contributed by atoms with Gasteiger partial charge in [-0.1, -0.05) is 64.5 Å². The van der Waals surface area contributed by atoms with E-state index in [9.17, 15) is 0 Å². The molecule has 0 N–H and O–H groups in total. The van der Waals surface area contributed by atoms with Gasteiger partial charge in [0.1, 0.15) is 0 Å². The summed E-state index contributed by atoms with van der Waals surface area (Å²) in [6.07, 6.45) is 3.11. The van der Waals surface area contributed by atoms with Crippen LogP contribution in [-0.4, -0.2) is 6.26 Å². The van der Waals surface area contributed by atoms with Crippen molar-refractivity contribution in [1.82, 2.24) is 0 Å². The number of hydrogen-bond acceptors (Lipinski definition) is 1. The van der Waals surface area contributed by atoms with Crippen LogP contribution in [-0.2, 0) is 6.42 Å². The summed E-state index contributed by atoms with van der Waals surface area (Å²) < 4.78 is 1.14. The van der Waals surface area contributed by atoms with Crippen LogP contribution in [0.4, 0.5) is 0 Å². The fourth-order valence-electron chi connectivity index (χ4n) is 2.43. The third kappa shape index (κ3) is 2.92. The highest BCUT2D eigenvalue weighted by Crippen LogP contribution is 2.27. The maximum Gasteiger partial charge on any atom is 0.0186 e. The molecule has 0 nitrogen and oxygen atoms in total. The van der Waals surface area contributed by atoms with Crippen molar-refractivity contribution in [2.45, 2.75) is 11.3 Å². The third-order valence-corrected chi connectivity index (χ3v) is 4.77. The van der Waals surface area contributed by atoms with Crippen molar-refractivity contribution in [3.05, 3.63) is 76.3 Å². The minimum Gasteiger partial charge on any atom is -0.129 e. The quantitative estimate of drug-likeness (QED) is 0.532. The number of fused-ring (bicyclic) bond motifs is 1. The van der Waals surface area contributed by atoms with E-state index in [0.717, 1.165) is 10.9 Å². The molecule has 0 aliphatic heterocycles. The first-order chi connectivity index (χ1) is 9.76. The van der Waals surface area contributed by atoms with Crippen molar-refractivity contribution >= 4 is 38.5 Å². The Balaban J connectivity index is 1.96. The Bertz CT molecular complexity index is 749. The summed E-state index contributed by atoms with van der Waals surface area (Å²) >= 11 is 5.34. The molecule has 20 heavy (non-hydrogen) atoms. The molecule has 0 saturated heterocycles. The molecule has 0 heterocycles. The van der Waals surface area contributed by atoms with Crippen LogP contribution < -0.4 is 0 Å². The Morgan fingerprint density at radius 1 is 0.900 bits per heavy atom. The lowest BCUT2D eigenvalue weighted by Gasteiger charge is -2.09. The molecule has 0 saturated carbocycles. The average Bonchev–Trinajstić information content (AvgIpc) is 2.49. The van der Waals surface area contributed by atoms with Gasteiger partial charge in [0, 0.05) is 9.37 Å². The molecule has 3 aromatic rings. The summed E-state index contributed by atoms with van der Waals surface area (Å²) in [7, 11) is 0. The number of benzene rings is 3. The van der Waals surface area contributed by atoms with Crippen molar-refractivity contribution in [3.8, 4) is 0 Å². The molecule has 0 unspecified atom stereocenters. The van der Waals surface area contributed by atoms with Crippen molar-refractivity contribution in [2.24, 2.45) is 0 Å². The standard InChI is InChI=1S/C18H15BrS/c1-20-18-12-17(19)9-8-16(18)11-13-6-7-14-4-2-3-5-15(14)10-13/h2-10,12H,11H2,1H3. The van der Waals surface area contributed by atoms with Crippen molar-refractivity contribution in [3.63, 3.8) is 0 Å².